The van der Waals surface area contributed by atoms with Crippen molar-refractivity contribution in [1.82, 2.24) is 0 Å². The number of anilines is 2. The van der Waals surface area contributed by atoms with Crippen LogP contribution in [0.4, 0.5) is 11.4 Å². The van der Waals surface area contributed by atoms with E-state index < -0.39 is 6.04 Å². The number of hydrogen-bond acceptors (Lipinski definition) is 4. The van der Waals surface area contributed by atoms with Crippen molar-refractivity contribution in [3.8, 4) is 5.75 Å². The maximum Gasteiger partial charge on any atom is 0.256 e. The average molecular weight is 296 g/mol. The summed E-state index contributed by atoms with van der Waals surface area (Å²) in [6.45, 7) is 0. The Bertz CT molecular complexity index is 700. The van der Waals surface area contributed by atoms with Gasteiger partial charge in [0.2, 0.25) is 5.91 Å². The zero-order chi connectivity index (χ0) is 15.5. The zero-order valence-corrected chi connectivity index (χ0v) is 12.2. The normalized spacial score (nSPS) is 17.7. The third-order valence-electron chi connectivity index (χ3n) is 3.60. The van der Waals surface area contributed by atoms with Crippen molar-refractivity contribution in [1.29, 1.82) is 0 Å². The Morgan fingerprint density at radius 1 is 1.05 bits per heavy atom. The number of amides is 2. The van der Waals surface area contributed by atoms with Gasteiger partial charge in [-0.05, 0) is 24.3 Å². The summed E-state index contributed by atoms with van der Waals surface area (Å²) in [5, 5.41) is 3.10. The van der Waals surface area contributed by atoms with Crippen LogP contribution in [0.5, 0.6) is 5.75 Å². The quantitative estimate of drug-likeness (QED) is 0.880. The smallest absolute Gasteiger partial charge is 0.256 e. The molecule has 112 valence electrons. The number of imide groups is 1. The lowest BCUT2D eigenvalue weighted by Crippen LogP contribution is -2.34. The molecule has 5 nitrogen and oxygen atoms in total. The molecule has 22 heavy (non-hydrogen) atoms. The minimum Gasteiger partial charge on any atom is -0.495 e. The van der Waals surface area contributed by atoms with Gasteiger partial charge < -0.3 is 10.1 Å². The fourth-order valence-electron chi connectivity index (χ4n) is 2.54. The molecule has 2 aromatic carbocycles. The summed E-state index contributed by atoms with van der Waals surface area (Å²) in [7, 11) is 1.57. The van der Waals surface area contributed by atoms with Crippen LogP contribution in [0.1, 0.15) is 6.42 Å². The number of methoxy groups -OCH3 is 1. The zero-order valence-electron chi connectivity index (χ0n) is 12.2. The molecule has 3 rings (SSSR count). The molecule has 0 bridgehead atoms. The van der Waals surface area contributed by atoms with Crippen molar-refractivity contribution in [2.75, 3.05) is 17.3 Å². The number of para-hydroxylation sites is 3. The topological polar surface area (TPSA) is 58.6 Å². The van der Waals surface area contributed by atoms with E-state index in [0.29, 0.717) is 17.1 Å². The highest BCUT2D eigenvalue weighted by molar-refractivity contribution is 6.23. The van der Waals surface area contributed by atoms with Crippen LogP contribution in [0.15, 0.2) is 54.6 Å². The highest BCUT2D eigenvalue weighted by atomic mass is 16.5. The maximum atomic E-state index is 12.5. The molecular formula is C17H16N2O3. The summed E-state index contributed by atoms with van der Waals surface area (Å²) in [5.41, 5.74) is 1.30. The molecule has 1 heterocycles. The van der Waals surface area contributed by atoms with Crippen LogP contribution in [0, 0.1) is 0 Å². The van der Waals surface area contributed by atoms with E-state index in [9.17, 15) is 9.59 Å². The van der Waals surface area contributed by atoms with E-state index in [4.69, 9.17) is 4.74 Å². The van der Waals surface area contributed by atoms with Crippen LogP contribution in [-0.4, -0.2) is 25.0 Å². The van der Waals surface area contributed by atoms with Crippen molar-refractivity contribution < 1.29 is 14.3 Å². The second-order valence-electron chi connectivity index (χ2n) is 5.00. The molecule has 0 saturated carbocycles. The second-order valence-corrected chi connectivity index (χ2v) is 5.00. The summed E-state index contributed by atoms with van der Waals surface area (Å²) in [5.74, 6) is 0.187. The fourth-order valence-corrected chi connectivity index (χ4v) is 2.54. The molecule has 1 atom stereocenters. The highest BCUT2D eigenvalue weighted by Crippen LogP contribution is 2.28. The number of nitrogens with one attached hydrogen (secondary N) is 1. The lowest BCUT2D eigenvalue weighted by atomic mass is 10.2. The van der Waals surface area contributed by atoms with Gasteiger partial charge in [-0.25, -0.2) is 4.90 Å². The van der Waals surface area contributed by atoms with Gasteiger partial charge in [0, 0.05) is 0 Å². The molecule has 5 heteroatoms. The average Bonchev–Trinajstić information content (AvgIpc) is 2.83. The molecule has 2 amide bonds. The van der Waals surface area contributed by atoms with Gasteiger partial charge in [-0.2, -0.15) is 0 Å². The van der Waals surface area contributed by atoms with Crippen molar-refractivity contribution in [2.24, 2.45) is 0 Å². The van der Waals surface area contributed by atoms with Crippen LogP contribution >= 0.6 is 0 Å². The van der Waals surface area contributed by atoms with Gasteiger partial charge in [-0.1, -0.05) is 30.3 Å². The van der Waals surface area contributed by atoms with E-state index in [2.05, 4.69) is 5.32 Å². The van der Waals surface area contributed by atoms with E-state index in [1.54, 1.807) is 37.4 Å². The van der Waals surface area contributed by atoms with E-state index in [0.717, 1.165) is 0 Å². The van der Waals surface area contributed by atoms with Gasteiger partial charge in [0.15, 0.2) is 0 Å². The molecule has 0 aliphatic carbocycles. The van der Waals surface area contributed by atoms with Gasteiger partial charge in [-0.3, -0.25) is 9.59 Å². The van der Waals surface area contributed by atoms with Crippen LogP contribution in [-0.2, 0) is 9.59 Å². The molecular weight excluding hydrogens is 280 g/mol. The van der Waals surface area contributed by atoms with Crippen molar-refractivity contribution in [2.45, 2.75) is 12.5 Å². The molecule has 1 N–H and O–H groups in total. The minimum atomic E-state index is -0.580. The predicted octanol–water partition coefficient (Wildman–Crippen LogP) is 2.44. The highest BCUT2D eigenvalue weighted by Gasteiger charge is 2.39. The Kier molecular flexibility index (Phi) is 3.78. The first-order valence-corrected chi connectivity index (χ1v) is 7.02. The molecule has 1 aliphatic heterocycles. The Hall–Kier alpha value is -2.82. The van der Waals surface area contributed by atoms with Gasteiger partial charge in [0.25, 0.3) is 5.91 Å². The van der Waals surface area contributed by atoms with Gasteiger partial charge >= 0.3 is 0 Å². The largest absolute Gasteiger partial charge is 0.495 e. The molecule has 1 fully saturated rings. The summed E-state index contributed by atoms with van der Waals surface area (Å²) in [4.78, 5) is 25.9. The summed E-state index contributed by atoms with van der Waals surface area (Å²) < 4.78 is 5.26. The SMILES string of the molecule is COc1ccccc1NC1CC(=O)N(c2ccccc2)C1=O. The van der Waals surface area contributed by atoms with Crippen molar-refractivity contribution in [3.05, 3.63) is 54.6 Å². The molecule has 1 unspecified atom stereocenters. The van der Waals surface area contributed by atoms with Crippen molar-refractivity contribution >= 4 is 23.2 Å². The third-order valence-corrected chi connectivity index (χ3v) is 3.60. The Morgan fingerprint density at radius 2 is 1.73 bits per heavy atom. The number of rotatable bonds is 4. The number of ether oxygens (including phenoxy) is 1. The fraction of sp³-hybridized carbons (Fsp3) is 0.176. The van der Waals surface area contributed by atoms with Gasteiger partial charge in [-0.15, -0.1) is 0 Å². The second kappa shape index (κ2) is 5.89. The van der Waals surface area contributed by atoms with E-state index in [1.807, 2.05) is 24.3 Å². The first kappa shape index (κ1) is 14.1. The first-order valence-electron chi connectivity index (χ1n) is 7.02. The number of nitrogens with zero attached hydrogens (tertiary/aromatic N) is 1. The van der Waals surface area contributed by atoms with Crippen LogP contribution in [0.3, 0.4) is 0 Å². The molecule has 0 radical (unpaired) electrons. The Labute approximate surface area is 128 Å². The maximum absolute atomic E-state index is 12.5. The standard InChI is InChI=1S/C17H16N2O3/c1-22-15-10-6-5-9-13(15)18-14-11-16(20)19(17(14)21)12-7-3-2-4-8-12/h2-10,14,18H,11H2,1H3. The summed E-state index contributed by atoms with van der Waals surface area (Å²) in [6.07, 6.45) is 0.131. The van der Waals surface area contributed by atoms with E-state index >= 15 is 0 Å². The molecule has 1 aliphatic rings. The molecule has 2 aromatic rings. The number of carbonyl (C=O) groups is 2. The molecule has 1 saturated heterocycles. The van der Waals surface area contributed by atoms with Crippen molar-refractivity contribution in [3.63, 3.8) is 0 Å². The summed E-state index contributed by atoms with van der Waals surface area (Å²) in [6, 6.07) is 15.7. The van der Waals surface area contributed by atoms with E-state index in [-0.39, 0.29) is 18.2 Å². The number of carbonyl (C=O) groups excluding carboxylic acids is 2. The van der Waals surface area contributed by atoms with Gasteiger partial charge in [0.05, 0.1) is 24.9 Å². The lowest BCUT2D eigenvalue weighted by molar-refractivity contribution is -0.121. The summed E-state index contributed by atoms with van der Waals surface area (Å²) >= 11 is 0. The minimum absolute atomic E-state index is 0.131. The van der Waals surface area contributed by atoms with Crippen LogP contribution in [0.25, 0.3) is 0 Å². The molecule has 0 aromatic heterocycles. The van der Waals surface area contributed by atoms with Crippen LogP contribution < -0.4 is 15.0 Å². The number of hydrogen-bond donors (Lipinski definition) is 1. The third kappa shape index (κ3) is 2.53. The van der Waals surface area contributed by atoms with Gasteiger partial charge in [0.1, 0.15) is 11.8 Å². The monoisotopic (exact) mass is 296 g/mol. The number of benzene rings is 2. The Morgan fingerprint density at radius 3 is 2.45 bits per heavy atom. The van der Waals surface area contributed by atoms with Crippen LogP contribution in [0.2, 0.25) is 0 Å². The van der Waals surface area contributed by atoms with E-state index in [1.165, 1.54) is 4.90 Å². The first-order chi connectivity index (χ1) is 10.7. The molecule has 0 spiro atoms. The lowest BCUT2D eigenvalue weighted by Gasteiger charge is -2.17. The predicted molar refractivity (Wildman–Crippen MR) is 84.0 cm³/mol. The Balaban J connectivity index is 1.83.